The number of hydrogen-bond donors (Lipinski definition) is 1. The zero-order valence-electron chi connectivity index (χ0n) is 14.0. The van der Waals surface area contributed by atoms with Crippen LogP contribution < -0.4 is 15.0 Å². The average molecular weight is 326 g/mol. The summed E-state index contributed by atoms with van der Waals surface area (Å²) in [5.74, 6) is 1.25. The van der Waals surface area contributed by atoms with Crippen LogP contribution in [0, 0.1) is 0 Å². The molecule has 1 saturated heterocycles. The number of carbonyl (C=O) groups is 1. The van der Waals surface area contributed by atoms with E-state index < -0.39 is 0 Å². The van der Waals surface area contributed by atoms with E-state index in [-0.39, 0.29) is 12.0 Å². The standard InChI is InChI=1S/C18H22N4O2/c1-13(2)24-16-7-5-15(6-8-16)21-17(23)14-11-19-18(20-12-14)22-9-3-4-10-22/h5-8,11-13H,3-4,9-10H2,1-2H3,(H,21,23). The Morgan fingerprint density at radius 2 is 1.75 bits per heavy atom. The number of aromatic nitrogens is 2. The van der Waals surface area contributed by atoms with Crippen molar-refractivity contribution in [2.45, 2.75) is 32.8 Å². The number of anilines is 2. The Morgan fingerprint density at radius 3 is 2.33 bits per heavy atom. The van der Waals surface area contributed by atoms with Gasteiger partial charge in [0.05, 0.1) is 11.7 Å². The van der Waals surface area contributed by atoms with E-state index in [0.29, 0.717) is 17.2 Å². The van der Waals surface area contributed by atoms with Crippen LogP contribution in [0.2, 0.25) is 0 Å². The second kappa shape index (κ2) is 7.29. The molecule has 0 atom stereocenters. The number of ether oxygens (including phenoxy) is 1. The van der Waals surface area contributed by atoms with Crippen LogP contribution in [-0.2, 0) is 0 Å². The monoisotopic (exact) mass is 326 g/mol. The first kappa shape index (κ1) is 16.2. The lowest BCUT2D eigenvalue weighted by atomic mass is 10.2. The number of nitrogens with zero attached hydrogens (tertiary/aromatic N) is 3. The summed E-state index contributed by atoms with van der Waals surface area (Å²) < 4.78 is 5.58. The van der Waals surface area contributed by atoms with Crippen LogP contribution in [-0.4, -0.2) is 35.1 Å². The molecular formula is C18H22N4O2. The van der Waals surface area contributed by atoms with E-state index in [2.05, 4.69) is 20.2 Å². The molecule has 2 heterocycles. The molecule has 2 aromatic rings. The molecule has 24 heavy (non-hydrogen) atoms. The van der Waals surface area contributed by atoms with Gasteiger partial charge in [0, 0.05) is 31.2 Å². The van der Waals surface area contributed by atoms with Crippen molar-refractivity contribution >= 4 is 17.5 Å². The molecule has 1 amide bonds. The first-order chi connectivity index (χ1) is 11.6. The zero-order chi connectivity index (χ0) is 16.9. The molecule has 0 saturated carbocycles. The van der Waals surface area contributed by atoms with Gasteiger partial charge in [-0.1, -0.05) is 0 Å². The Bertz CT molecular complexity index is 677. The van der Waals surface area contributed by atoms with Crippen LogP contribution in [0.1, 0.15) is 37.0 Å². The minimum absolute atomic E-state index is 0.122. The van der Waals surface area contributed by atoms with Gasteiger partial charge in [0.1, 0.15) is 5.75 Å². The number of nitrogens with one attached hydrogen (secondary N) is 1. The number of benzene rings is 1. The maximum absolute atomic E-state index is 12.3. The Morgan fingerprint density at radius 1 is 1.12 bits per heavy atom. The van der Waals surface area contributed by atoms with Crippen molar-refractivity contribution < 1.29 is 9.53 Å². The van der Waals surface area contributed by atoms with E-state index in [1.165, 1.54) is 12.8 Å². The zero-order valence-corrected chi connectivity index (χ0v) is 14.0. The highest BCUT2D eigenvalue weighted by Gasteiger charge is 2.15. The van der Waals surface area contributed by atoms with Gasteiger partial charge in [0.2, 0.25) is 5.95 Å². The molecule has 0 radical (unpaired) electrons. The van der Waals surface area contributed by atoms with E-state index in [1.807, 2.05) is 38.1 Å². The molecule has 1 fully saturated rings. The summed E-state index contributed by atoms with van der Waals surface area (Å²) in [6, 6.07) is 7.30. The highest BCUT2D eigenvalue weighted by atomic mass is 16.5. The van der Waals surface area contributed by atoms with Crippen molar-refractivity contribution in [2.24, 2.45) is 0 Å². The molecule has 126 valence electrons. The Labute approximate surface area is 141 Å². The smallest absolute Gasteiger partial charge is 0.258 e. The van der Waals surface area contributed by atoms with Crippen LogP contribution in [0.3, 0.4) is 0 Å². The van der Waals surface area contributed by atoms with Crippen molar-refractivity contribution in [1.29, 1.82) is 0 Å². The van der Waals surface area contributed by atoms with Crippen molar-refractivity contribution in [2.75, 3.05) is 23.3 Å². The molecule has 0 bridgehead atoms. The fourth-order valence-electron chi connectivity index (χ4n) is 2.61. The summed E-state index contributed by atoms with van der Waals surface area (Å²) in [5.41, 5.74) is 1.15. The van der Waals surface area contributed by atoms with Gasteiger partial charge in [-0.25, -0.2) is 9.97 Å². The van der Waals surface area contributed by atoms with Crippen LogP contribution in [0.4, 0.5) is 11.6 Å². The third-order valence-corrected chi connectivity index (χ3v) is 3.77. The van der Waals surface area contributed by atoms with Gasteiger partial charge in [-0.05, 0) is 51.0 Å². The van der Waals surface area contributed by atoms with Crippen molar-refractivity contribution in [3.05, 3.63) is 42.2 Å². The molecule has 6 nitrogen and oxygen atoms in total. The van der Waals surface area contributed by atoms with Gasteiger partial charge in [-0.2, -0.15) is 0 Å². The first-order valence-corrected chi connectivity index (χ1v) is 8.27. The Balaban J connectivity index is 1.61. The molecule has 3 rings (SSSR count). The van der Waals surface area contributed by atoms with Crippen molar-refractivity contribution in [1.82, 2.24) is 9.97 Å². The largest absolute Gasteiger partial charge is 0.491 e. The molecule has 0 aliphatic carbocycles. The van der Waals surface area contributed by atoms with Crippen LogP contribution >= 0.6 is 0 Å². The molecule has 1 N–H and O–H groups in total. The second-order valence-corrected chi connectivity index (χ2v) is 6.11. The maximum atomic E-state index is 12.3. The highest BCUT2D eigenvalue weighted by molar-refractivity contribution is 6.03. The SMILES string of the molecule is CC(C)Oc1ccc(NC(=O)c2cnc(N3CCCC3)nc2)cc1. The lowest BCUT2D eigenvalue weighted by Crippen LogP contribution is -2.21. The first-order valence-electron chi connectivity index (χ1n) is 8.27. The van der Waals surface area contributed by atoms with Gasteiger partial charge in [-0.3, -0.25) is 4.79 Å². The van der Waals surface area contributed by atoms with E-state index in [1.54, 1.807) is 12.4 Å². The number of amides is 1. The van der Waals surface area contributed by atoms with Crippen LogP contribution in [0.5, 0.6) is 5.75 Å². The van der Waals surface area contributed by atoms with Gasteiger partial charge in [-0.15, -0.1) is 0 Å². The van der Waals surface area contributed by atoms with E-state index in [4.69, 9.17) is 4.74 Å². The molecule has 0 spiro atoms. The summed E-state index contributed by atoms with van der Waals surface area (Å²) in [4.78, 5) is 23.0. The molecule has 0 unspecified atom stereocenters. The maximum Gasteiger partial charge on any atom is 0.258 e. The molecule has 1 aromatic carbocycles. The average Bonchev–Trinajstić information content (AvgIpc) is 3.11. The summed E-state index contributed by atoms with van der Waals surface area (Å²) >= 11 is 0. The third-order valence-electron chi connectivity index (χ3n) is 3.77. The summed E-state index contributed by atoms with van der Waals surface area (Å²) in [6.45, 7) is 5.91. The highest BCUT2D eigenvalue weighted by Crippen LogP contribution is 2.18. The summed E-state index contributed by atoms with van der Waals surface area (Å²) in [5, 5.41) is 2.84. The molecule has 1 aliphatic heterocycles. The van der Waals surface area contributed by atoms with Crippen LogP contribution in [0.25, 0.3) is 0 Å². The van der Waals surface area contributed by atoms with E-state index >= 15 is 0 Å². The minimum Gasteiger partial charge on any atom is -0.491 e. The second-order valence-electron chi connectivity index (χ2n) is 6.11. The molecule has 6 heteroatoms. The van der Waals surface area contributed by atoms with Gasteiger partial charge >= 0.3 is 0 Å². The minimum atomic E-state index is -0.222. The summed E-state index contributed by atoms with van der Waals surface area (Å²) in [6.07, 6.45) is 5.61. The van der Waals surface area contributed by atoms with E-state index in [9.17, 15) is 4.79 Å². The lowest BCUT2D eigenvalue weighted by molar-refractivity contribution is 0.102. The quantitative estimate of drug-likeness (QED) is 0.914. The number of carbonyl (C=O) groups excluding carboxylic acids is 1. The number of rotatable bonds is 5. The van der Waals surface area contributed by atoms with Crippen molar-refractivity contribution in [3.63, 3.8) is 0 Å². The predicted octanol–water partition coefficient (Wildman–Crippen LogP) is 3.12. The van der Waals surface area contributed by atoms with E-state index in [0.717, 1.165) is 18.8 Å². The summed E-state index contributed by atoms with van der Waals surface area (Å²) in [7, 11) is 0. The Hall–Kier alpha value is -2.63. The topological polar surface area (TPSA) is 67.3 Å². The normalized spacial score (nSPS) is 14.0. The van der Waals surface area contributed by atoms with Crippen molar-refractivity contribution in [3.8, 4) is 5.75 Å². The fraction of sp³-hybridized carbons (Fsp3) is 0.389. The van der Waals surface area contributed by atoms with Gasteiger partial charge < -0.3 is 15.0 Å². The molecule has 1 aliphatic rings. The third kappa shape index (κ3) is 4.01. The lowest BCUT2D eigenvalue weighted by Gasteiger charge is -2.14. The predicted molar refractivity (Wildman–Crippen MR) is 93.6 cm³/mol. The van der Waals surface area contributed by atoms with Gasteiger partial charge in [0.15, 0.2) is 0 Å². The Kier molecular flexibility index (Phi) is 4.93. The molecule has 1 aromatic heterocycles. The fourth-order valence-corrected chi connectivity index (χ4v) is 2.61. The van der Waals surface area contributed by atoms with Crippen LogP contribution in [0.15, 0.2) is 36.7 Å². The van der Waals surface area contributed by atoms with Gasteiger partial charge in [0.25, 0.3) is 5.91 Å². The molecular weight excluding hydrogens is 304 g/mol. The number of hydrogen-bond acceptors (Lipinski definition) is 5.